The predicted molar refractivity (Wildman–Crippen MR) is 137 cm³/mol. The summed E-state index contributed by atoms with van der Waals surface area (Å²) in [4.78, 5) is 24.8. The minimum atomic E-state index is -0.502. The molecule has 0 aliphatic carbocycles. The Kier molecular flexibility index (Phi) is 6.55. The second-order valence-corrected chi connectivity index (χ2v) is 8.63. The fraction of sp³-hybridized carbons (Fsp3) is 0.103. The van der Waals surface area contributed by atoms with Gasteiger partial charge in [-0.2, -0.15) is 0 Å². The smallest absolute Gasteiger partial charge is 0.345 e. The zero-order chi connectivity index (χ0) is 25.0. The lowest BCUT2D eigenvalue weighted by molar-refractivity contribution is 0.0726. The molecule has 0 atom stereocenters. The standard InChI is InChI=1S/C29H26N2O4/c1-29(2,19-11-15-21(16-12-19)34-27(32)23-7-3-5-9-25(23)30)20-13-17-22(18-14-20)35-28(33)24-8-4-6-10-26(24)31/h3-18H,30-31H2,1-2H3. The van der Waals surface area contributed by atoms with E-state index in [2.05, 4.69) is 13.8 Å². The van der Waals surface area contributed by atoms with Crippen LogP contribution < -0.4 is 20.9 Å². The summed E-state index contributed by atoms with van der Waals surface area (Å²) >= 11 is 0. The average Bonchev–Trinajstić information content (AvgIpc) is 2.85. The molecule has 0 aliphatic rings. The minimum Gasteiger partial charge on any atom is -0.423 e. The van der Waals surface area contributed by atoms with Crippen molar-refractivity contribution in [2.45, 2.75) is 19.3 Å². The number of anilines is 2. The number of benzene rings is 4. The van der Waals surface area contributed by atoms with Crippen molar-refractivity contribution in [2.75, 3.05) is 11.5 Å². The van der Waals surface area contributed by atoms with Crippen molar-refractivity contribution in [1.82, 2.24) is 0 Å². The third kappa shape index (κ3) is 5.17. The fourth-order valence-corrected chi connectivity index (χ4v) is 3.74. The Labute approximate surface area is 204 Å². The molecular weight excluding hydrogens is 440 g/mol. The number of nitrogens with two attached hydrogens (primary N) is 2. The van der Waals surface area contributed by atoms with Gasteiger partial charge < -0.3 is 20.9 Å². The highest BCUT2D eigenvalue weighted by Gasteiger charge is 2.24. The van der Waals surface area contributed by atoms with E-state index < -0.39 is 11.9 Å². The first kappa shape index (κ1) is 23.6. The molecule has 0 spiro atoms. The van der Waals surface area contributed by atoms with Crippen molar-refractivity contribution in [3.63, 3.8) is 0 Å². The quantitative estimate of drug-likeness (QED) is 0.217. The van der Waals surface area contributed by atoms with Crippen molar-refractivity contribution in [2.24, 2.45) is 0 Å². The van der Waals surface area contributed by atoms with Crippen LogP contribution in [0.25, 0.3) is 0 Å². The van der Waals surface area contributed by atoms with Crippen LogP contribution in [0.5, 0.6) is 11.5 Å². The van der Waals surface area contributed by atoms with Crippen LogP contribution in [-0.2, 0) is 5.41 Å². The highest BCUT2D eigenvalue weighted by Crippen LogP contribution is 2.33. The number of carbonyl (C=O) groups excluding carboxylic acids is 2. The van der Waals surface area contributed by atoms with Crippen molar-refractivity contribution in [3.8, 4) is 11.5 Å². The molecule has 6 heteroatoms. The van der Waals surface area contributed by atoms with Gasteiger partial charge in [0, 0.05) is 16.8 Å². The van der Waals surface area contributed by atoms with Gasteiger partial charge in [-0.3, -0.25) is 0 Å². The minimum absolute atomic E-state index is 0.327. The summed E-state index contributed by atoms with van der Waals surface area (Å²) in [6.45, 7) is 4.18. The molecule has 4 rings (SSSR count). The lowest BCUT2D eigenvalue weighted by Crippen LogP contribution is -2.19. The van der Waals surface area contributed by atoms with Crippen molar-refractivity contribution < 1.29 is 19.1 Å². The van der Waals surface area contributed by atoms with Gasteiger partial charge in [0.25, 0.3) is 0 Å². The van der Waals surface area contributed by atoms with E-state index in [0.29, 0.717) is 34.0 Å². The molecule has 0 unspecified atom stereocenters. The number of para-hydroxylation sites is 2. The number of hydrogen-bond donors (Lipinski definition) is 2. The highest BCUT2D eigenvalue weighted by atomic mass is 16.5. The lowest BCUT2D eigenvalue weighted by Gasteiger charge is -2.26. The van der Waals surface area contributed by atoms with Crippen LogP contribution in [-0.4, -0.2) is 11.9 Å². The summed E-state index contributed by atoms with van der Waals surface area (Å²) < 4.78 is 11.0. The average molecular weight is 467 g/mol. The molecule has 0 heterocycles. The molecule has 4 aromatic carbocycles. The summed E-state index contributed by atoms with van der Waals surface area (Å²) in [6, 6.07) is 28.3. The number of carbonyl (C=O) groups is 2. The van der Waals surface area contributed by atoms with Crippen LogP contribution in [0.15, 0.2) is 97.1 Å². The van der Waals surface area contributed by atoms with Gasteiger partial charge in [-0.25, -0.2) is 9.59 Å². The van der Waals surface area contributed by atoms with Gasteiger partial charge in [-0.05, 0) is 59.7 Å². The first-order valence-electron chi connectivity index (χ1n) is 11.1. The van der Waals surface area contributed by atoms with E-state index in [0.717, 1.165) is 11.1 Å². The Morgan fingerprint density at radius 1 is 0.571 bits per heavy atom. The molecule has 0 saturated heterocycles. The van der Waals surface area contributed by atoms with Crippen LogP contribution in [0.4, 0.5) is 11.4 Å². The lowest BCUT2D eigenvalue weighted by atomic mass is 9.78. The van der Waals surface area contributed by atoms with Crippen molar-refractivity contribution in [3.05, 3.63) is 119 Å². The summed E-state index contributed by atoms with van der Waals surface area (Å²) in [5.41, 5.74) is 14.8. The predicted octanol–water partition coefficient (Wildman–Crippen LogP) is 5.62. The maximum Gasteiger partial charge on any atom is 0.345 e. The molecule has 0 fully saturated rings. The van der Waals surface area contributed by atoms with Gasteiger partial charge in [-0.15, -0.1) is 0 Å². The molecular formula is C29H26N2O4. The Bertz CT molecular complexity index is 1260. The monoisotopic (exact) mass is 466 g/mol. The Morgan fingerprint density at radius 2 is 0.914 bits per heavy atom. The number of hydrogen-bond acceptors (Lipinski definition) is 6. The fourth-order valence-electron chi connectivity index (χ4n) is 3.74. The van der Waals surface area contributed by atoms with E-state index in [4.69, 9.17) is 20.9 Å². The van der Waals surface area contributed by atoms with Crippen LogP contribution >= 0.6 is 0 Å². The van der Waals surface area contributed by atoms with Crippen molar-refractivity contribution in [1.29, 1.82) is 0 Å². The van der Waals surface area contributed by atoms with E-state index >= 15 is 0 Å². The van der Waals surface area contributed by atoms with Gasteiger partial charge in [-0.1, -0.05) is 62.4 Å². The molecule has 4 N–H and O–H groups in total. The highest BCUT2D eigenvalue weighted by molar-refractivity contribution is 5.97. The Balaban J connectivity index is 1.45. The molecule has 0 radical (unpaired) electrons. The number of ether oxygens (including phenoxy) is 2. The summed E-state index contributed by atoms with van der Waals surface area (Å²) in [7, 11) is 0. The molecule has 176 valence electrons. The second-order valence-electron chi connectivity index (χ2n) is 8.63. The maximum atomic E-state index is 12.4. The zero-order valence-corrected chi connectivity index (χ0v) is 19.5. The van der Waals surface area contributed by atoms with Gasteiger partial charge in [0.1, 0.15) is 11.5 Å². The summed E-state index contributed by atoms with van der Waals surface area (Å²) in [5, 5.41) is 0. The molecule has 0 saturated carbocycles. The van der Waals surface area contributed by atoms with Crippen molar-refractivity contribution >= 4 is 23.3 Å². The van der Waals surface area contributed by atoms with Gasteiger partial charge in [0.2, 0.25) is 0 Å². The summed E-state index contributed by atoms with van der Waals surface area (Å²) in [5.74, 6) is -0.143. The molecule has 35 heavy (non-hydrogen) atoms. The SMILES string of the molecule is CC(C)(c1ccc(OC(=O)c2ccccc2N)cc1)c1ccc(OC(=O)c2ccccc2N)cc1. The van der Waals surface area contributed by atoms with Gasteiger partial charge in [0.05, 0.1) is 11.1 Å². The van der Waals surface area contributed by atoms with E-state index in [9.17, 15) is 9.59 Å². The molecule has 0 amide bonds. The number of rotatable bonds is 6. The van der Waals surface area contributed by atoms with Crippen LogP contribution in [0, 0.1) is 0 Å². The van der Waals surface area contributed by atoms with E-state index in [1.165, 1.54) is 0 Å². The van der Waals surface area contributed by atoms with E-state index in [1.807, 2.05) is 24.3 Å². The molecule has 6 nitrogen and oxygen atoms in total. The van der Waals surface area contributed by atoms with E-state index in [1.54, 1.807) is 72.8 Å². The molecule has 0 bridgehead atoms. The van der Waals surface area contributed by atoms with Gasteiger partial charge >= 0.3 is 11.9 Å². The molecule has 0 aliphatic heterocycles. The van der Waals surface area contributed by atoms with Crippen LogP contribution in [0.2, 0.25) is 0 Å². The largest absolute Gasteiger partial charge is 0.423 e. The third-order valence-electron chi connectivity index (χ3n) is 5.93. The molecule has 4 aromatic rings. The third-order valence-corrected chi connectivity index (χ3v) is 5.93. The topological polar surface area (TPSA) is 105 Å². The van der Waals surface area contributed by atoms with Gasteiger partial charge in [0.15, 0.2) is 0 Å². The second kappa shape index (κ2) is 9.73. The number of nitrogen functional groups attached to an aromatic ring is 2. The first-order chi connectivity index (χ1) is 16.8. The van der Waals surface area contributed by atoms with E-state index in [-0.39, 0.29) is 5.41 Å². The number of esters is 2. The van der Waals surface area contributed by atoms with Crippen LogP contribution in [0.1, 0.15) is 45.7 Å². The zero-order valence-electron chi connectivity index (χ0n) is 19.5. The Hall–Kier alpha value is -4.58. The Morgan fingerprint density at radius 3 is 1.26 bits per heavy atom. The summed E-state index contributed by atoms with van der Waals surface area (Å²) in [6.07, 6.45) is 0. The first-order valence-corrected chi connectivity index (χ1v) is 11.1. The van der Waals surface area contributed by atoms with Crippen LogP contribution in [0.3, 0.4) is 0 Å². The normalized spacial score (nSPS) is 11.0. The molecule has 0 aromatic heterocycles. The maximum absolute atomic E-state index is 12.4.